The fourth-order valence-electron chi connectivity index (χ4n) is 3.59. The van der Waals surface area contributed by atoms with Crippen LogP contribution < -0.4 is 4.74 Å². The zero-order valence-corrected chi connectivity index (χ0v) is 20.8. The number of rotatable bonds is 20. The van der Waals surface area contributed by atoms with Gasteiger partial charge >= 0.3 is 11.9 Å². The van der Waals surface area contributed by atoms with Crippen LogP contribution in [-0.2, 0) is 19.1 Å². The highest BCUT2D eigenvalue weighted by atomic mass is 16.6. The van der Waals surface area contributed by atoms with Crippen LogP contribution in [0.25, 0.3) is 0 Å². The molecule has 186 valence electrons. The molecule has 5 nitrogen and oxygen atoms in total. The molecule has 0 aliphatic carbocycles. The first-order chi connectivity index (χ1) is 16.1. The molecule has 0 fully saturated rings. The van der Waals surface area contributed by atoms with Gasteiger partial charge < -0.3 is 14.2 Å². The van der Waals surface area contributed by atoms with Crippen molar-refractivity contribution in [1.29, 1.82) is 0 Å². The molecule has 0 bridgehead atoms. The summed E-state index contributed by atoms with van der Waals surface area (Å²) in [5, 5.41) is 0. The van der Waals surface area contributed by atoms with Crippen molar-refractivity contribution >= 4 is 11.9 Å². The predicted octanol–water partition coefficient (Wildman–Crippen LogP) is 7.19. The number of benzene rings is 1. The third-order valence-corrected chi connectivity index (χ3v) is 5.39. The Morgan fingerprint density at radius 3 is 2.36 bits per heavy atom. The van der Waals surface area contributed by atoms with E-state index in [1.165, 1.54) is 26.2 Å². The third-order valence-electron chi connectivity index (χ3n) is 5.39. The van der Waals surface area contributed by atoms with Crippen molar-refractivity contribution in [2.75, 3.05) is 13.2 Å². The lowest BCUT2D eigenvalue weighted by Gasteiger charge is -2.15. The van der Waals surface area contributed by atoms with Gasteiger partial charge in [0.1, 0.15) is 25.1 Å². The number of unbranched alkanes of at least 4 members (excludes halogenated alkanes) is 8. The molecule has 1 aromatic rings. The summed E-state index contributed by atoms with van der Waals surface area (Å²) in [6, 6.07) is 9.52. The minimum Gasteiger partial charge on any atom is -0.490 e. The molecule has 0 N–H and O–H groups in total. The van der Waals surface area contributed by atoms with E-state index < -0.39 is 0 Å². The lowest BCUT2D eigenvalue weighted by atomic mass is 10.1. The fraction of sp³-hybridized carbons (Fsp3) is 0.643. The lowest BCUT2D eigenvalue weighted by Crippen LogP contribution is -2.15. The van der Waals surface area contributed by atoms with E-state index in [-0.39, 0.29) is 24.6 Å². The number of carbonyl (C=O) groups excluding carboxylic acids is 2. The largest absolute Gasteiger partial charge is 0.490 e. The van der Waals surface area contributed by atoms with Crippen LogP contribution in [0.15, 0.2) is 42.5 Å². The Balaban J connectivity index is 1.96. The average molecular weight is 461 g/mol. The van der Waals surface area contributed by atoms with E-state index in [1.54, 1.807) is 0 Å². The molecule has 0 heterocycles. The highest BCUT2D eigenvalue weighted by Crippen LogP contribution is 2.14. The van der Waals surface area contributed by atoms with Gasteiger partial charge in [-0.2, -0.15) is 0 Å². The van der Waals surface area contributed by atoms with Crippen molar-refractivity contribution in [3.63, 3.8) is 0 Å². The van der Waals surface area contributed by atoms with E-state index >= 15 is 0 Å². The molecular weight excluding hydrogens is 416 g/mol. The summed E-state index contributed by atoms with van der Waals surface area (Å²) in [5.74, 6) is 0.454. The summed E-state index contributed by atoms with van der Waals surface area (Å²) in [6.07, 6.45) is 17.8. The number of carbonyl (C=O) groups is 2. The summed E-state index contributed by atoms with van der Waals surface area (Å²) < 4.78 is 16.2. The molecule has 0 aliphatic heterocycles. The summed E-state index contributed by atoms with van der Waals surface area (Å²) in [7, 11) is 0. The summed E-state index contributed by atoms with van der Waals surface area (Å²) in [6.45, 7) is 4.36. The van der Waals surface area contributed by atoms with Crippen molar-refractivity contribution in [2.24, 2.45) is 0 Å². The first kappa shape index (κ1) is 28.7. The van der Waals surface area contributed by atoms with Crippen LogP contribution in [0.2, 0.25) is 0 Å². The summed E-state index contributed by atoms with van der Waals surface area (Å²) in [4.78, 5) is 23.0. The molecule has 1 atom stereocenters. The van der Waals surface area contributed by atoms with Crippen LogP contribution in [0, 0.1) is 0 Å². The van der Waals surface area contributed by atoms with Gasteiger partial charge in [-0.3, -0.25) is 9.59 Å². The van der Waals surface area contributed by atoms with Gasteiger partial charge in [-0.05, 0) is 44.2 Å². The first-order valence-corrected chi connectivity index (χ1v) is 12.8. The number of para-hydroxylation sites is 1. The molecule has 1 unspecified atom stereocenters. The van der Waals surface area contributed by atoms with E-state index in [1.807, 2.05) is 30.3 Å². The van der Waals surface area contributed by atoms with Crippen molar-refractivity contribution in [3.8, 4) is 5.75 Å². The summed E-state index contributed by atoms with van der Waals surface area (Å²) in [5.41, 5.74) is 0. The summed E-state index contributed by atoms with van der Waals surface area (Å²) >= 11 is 0. The zero-order valence-electron chi connectivity index (χ0n) is 20.8. The second-order valence-corrected chi connectivity index (χ2v) is 8.48. The number of hydrogen-bond acceptors (Lipinski definition) is 5. The van der Waals surface area contributed by atoms with Gasteiger partial charge in [0.25, 0.3) is 0 Å². The topological polar surface area (TPSA) is 61.8 Å². The minimum atomic E-state index is -0.187. The smallest absolute Gasteiger partial charge is 0.305 e. The molecule has 0 amide bonds. The van der Waals surface area contributed by atoms with E-state index in [4.69, 9.17) is 14.2 Å². The van der Waals surface area contributed by atoms with Crippen LogP contribution in [0.3, 0.4) is 0 Å². The van der Waals surface area contributed by atoms with E-state index in [9.17, 15) is 9.59 Å². The van der Waals surface area contributed by atoms with Crippen LogP contribution in [-0.4, -0.2) is 31.3 Å². The molecule has 5 heteroatoms. The van der Waals surface area contributed by atoms with Crippen molar-refractivity contribution in [1.82, 2.24) is 0 Å². The van der Waals surface area contributed by atoms with Gasteiger partial charge in [0.15, 0.2) is 0 Å². The van der Waals surface area contributed by atoms with E-state index in [0.717, 1.165) is 63.5 Å². The number of hydrogen-bond donors (Lipinski definition) is 0. The lowest BCUT2D eigenvalue weighted by molar-refractivity contribution is -0.146. The second-order valence-electron chi connectivity index (χ2n) is 8.48. The monoisotopic (exact) mass is 460 g/mol. The van der Waals surface area contributed by atoms with Gasteiger partial charge in [-0.25, -0.2) is 0 Å². The Labute approximate surface area is 200 Å². The minimum absolute atomic E-state index is 0.0141. The van der Waals surface area contributed by atoms with Gasteiger partial charge in [0.05, 0.1) is 0 Å². The number of ether oxygens (including phenoxy) is 3. The van der Waals surface area contributed by atoms with Gasteiger partial charge in [0, 0.05) is 19.8 Å². The molecule has 0 aromatic heterocycles. The van der Waals surface area contributed by atoms with Crippen molar-refractivity contribution < 1.29 is 23.8 Å². The Morgan fingerprint density at radius 1 is 0.879 bits per heavy atom. The predicted molar refractivity (Wildman–Crippen MR) is 133 cm³/mol. The quantitative estimate of drug-likeness (QED) is 0.117. The third kappa shape index (κ3) is 17.9. The molecule has 0 saturated carbocycles. The van der Waals surface area contributed by atoms with E-state index in [0.29, 0.717) is 13.0 Å². The maximum atomic E-state index is 11.8. The Hall–Kier alpha value is -2.30. The fourth-order valence-corrected chi connectivity index (χ4v) is 3.59. The Bertz CT molecular complexity index is 641. The normalized spacial score (nSPS) is 11.9. The highest BCUT2D eigenvalue weighted by molar-refractivity contribution is 5.69. The maximum absolute atomic E-state index is 11.8. The van der Waals surface area contributed by atoms with Crippen molar-refractivity contribution in [3.05, 3.63) is 42.5 Å². The SMILES string of the molecule is CCCCCCC(C/C=C\CCCCCCCC(=O)OCCOc1ccccc1)OC(C)=O. The standard InChI is InChI=1S/C28H44O5/c1-3-4-5-13-20-27(33-25(2)29)21-14-10-8-6-7-9-11-17-22-28(30)32-24-23-31-26-18-15-12-16-19-26/h10,12,14-16,18-19,27H,3-9,11,13,17,20-24H2,1-2H3/b14-10-. The molecule has 33 heavy (non-hydrogen) atoms. The van der Waals surface area contributed by atoms with Crippen LogP contribution in [0.5, 0.6) is 5.75 Å². The Kier molecular flexibility index (Phi) is 17.7. The number of allylic oxidation sites excluding steroid dienone is 1. The molecule has 0 radical (unpaired) electrons. The molecule has 0 spiro atoms. The molecule has 1 rings (SSSR count). The highest BCUT2D eigenvalue weighted by Gasteiger charge is 2.09. The molecule has 0 aliphatic rings. The zero-order chi connectivity index (χ0) is 24.0. The average Bonchev–Trinajstić information content (AvgIpc) is 2.81. The van der Waals surface area contributed by atoms with Gasteiger partial charge in [0.2, 0.25) is 0 Å². The van der Waals surface area contributed by atoms with E-state index in [2.05, 4.69) is 19.1 Å². The Morgan fingerprint density at radius 2 is 1.61 bits per heavy atom. The van der Waals surface area contributed by atoms with Crippen LogP contribution >= 0.6 is 0 Å². The maximum Gasteiger partial charge on any atom is 0.305 e. The second kappa shape index (κ2) is 20.3. The van der Waals surface area contributed by atoms with Crippen LogP contribution in [0.1, 0.15) is 97.3 Å². The molecular formula is C28H44O5. The number of esters is 2. The van der Waals surface area contributed by atoms with Gasteiger partial charge in [-0.15, -0.1) is 0 Å². The van der Waals surface area contributed by atoms with Crippen molar-refractivity contribution in [2.45, 2.75) is 103 Å². The molecule has 1 aromatic carbocycles. The first-order valence-electron chi connectivity index (χ1n) is 12.8. The molecule has 0 saturated heterocycles. The van der Waals surface area contributed by atoms with Crippen LogP contribution in [0.4, 0.5) is 0 Å². The van der Waals surface area contributed by atoms with Gasteiger partial charge in [-0.1, -0.05) is 75.8 Å².